The maximum absolute atomic E-state index is 11.3. The van der Waals surface area contributed by atoms with Gasteiger partial charge in [0.2, 0.25) is 0 Å². The molecule has 68 valence electrons. The monoisotopic (exact) mass is 370 g/mol. The van der Waals surface area contributed by atoms with Crippen LogP contribution in [0.15, 0.2) is 0 Å². The van der Waals surface area contributed by atoms with Crippen LogP contribution in [-0.4, -0.2) is 30.2 Å². The van der Waals surface area contributed by atoms with Gasteiger partial charge in [-0.05, 0) is 0 Å². The van der Waals surface area contributed by atoms with Gasteiger partial charge in [0, 0.05) is 0 Å². The fraction of sp³-hybridized carbons (Fsp3) is 0.750. The van der Waals surface area contributed by atoms with E-state index in [9.17, 15) is 9.59 Å². The predicted molar refractivity (Wildman–Crippen MR) is 41.9 cm³/mol. The predicted octanol–water partition coefficient (Wildman–Crippen LogP) is 0.144. The van der Waals surface area contributed by atoms with Crippen LogP contribution in [0.3, 0.4) is 0 Å². The van der Waals surface area contributed by atoms with E-state index in [1.165, 1.54) is 0 Å². The molecule has 2 amide bonds. The van der Waals surface area contributed by atoms with Crippen LogP contribution < -0.4 is 0 Å². The third-order valence-electron chi connectivity index (χ3n) is 2.68. The number of hydrogen-bond acceptors (Lipinski definition) is 2. The number of hydrogen-bond donors (Lipinski definition) is 0. The molecule has 0 aromatic rings. The van der Waals surface area contributed by atoms with E-state index in [1.54, 1.807) is 0 Å². The molecule has 2 rings (SSSR count). The van der Waals surface area contributed by atoms with Gasteiger partial charge in [0.15, 0.2) is 0 Å². The van der Waals surface area contributed by atoms with Crippen molar-refractivity contribution in [3.63, 3.8) is 0 Å². The zero-order valence-corrected chi connectivity index (χ0v) is 13.2. The van der Waals surface area contributed by atoms with Gasteiger partial charge in [-0.3, -0.25) is 0 Å². The van der Waals surface area contributed by atoms with Gasteiger partial charge in [0.05, 0.1) is 0 Å². The third-order valence-corrected chi connectivity index (χ3v) is 10.5. The molecule has 0 aromatic heterocycles. The summed E-state index contributed by atoms with van der Waals surface area (Å²) in [6.45, 7) is 1.84. The Morgan fingerprint density at radius 1 is 0.923 bits per heavy atom. The normalized spacial score (nSPS) is 22.8. The van der Waals surface area contributed by atoms with Crippen molar-refractivity contribution in [3.05, 3.63) is 0 Å². The molecule has 2 aliphatic rings. The topological polar surface area (TPSA) is 40.6 Å². The molecule has 0 spiro atoms. The first kappa shape index (κ1) is 9.43. The van der Waals surface area contributed by atoms with Gasteiger partial charge >= 0.3 is 90.7 Å². The average molecular weight is 369 g/mol. The van der Waals surface area contributed by atoms with Gasteiger partial charge < -0.3 is 0 Å². The first-order valence-electron chi connectivity index (χ1n) is 4.83. The van der Waals surface area contributed by atoms with E-state index in [-0.39, 0.29) is 0 Å². The molecule has 0 unspecified atom stereocenters. The molecule has 0 saturated carbocycles. The Balaban J connectivity index is 1.89. The second-order valence-corrected chi connectivity index (χ2v) is 10.7. The number of nitrogens with zero attached hydrogens (tertiary/aromatic N) is 2. The van der Waals surface area contributed by atoms with E-state index < -0.39 is 25.2 Å². The Bertz CT molecular complexity index is 220. The second-order valence-electron chi connectivity index (χ2n) is 3.66. The van der Waals surface area contributed by atoms with E-state index >= 15 is 0 Å². The number of carbonyl (C=O) groups excluding carboxylic acids is 2. The summed E-state index contributed by atoms with van der Waals surface area (Å²) in [5.41, 5.74) is 0. The second kappa shape index (κ2) is 3.94. The third kappa shape index (κ3) is 2.03. The van der Waals surface area contributed by atoms with Crippen LogP contribution in [0.1, 0.15) is 25.7 Å². The summed E-state index contributed by atoms with van der Waals surface area (Å²) in [5, 5.41) is 0. The Morgan fingerprint density at radius 3 is 1.69 bits per heavy atom. The maximum atomic E-state index is 11.3. The fourth-order valence-electron chi connectivity index (χ4n) is 1.91. The van der Waals surface area contributed by atoms with E-state index in [0.29, 0.717) is 24.7 Å². The molecule has 0 atom stereocenters. The quantitative estimate of drug-likeness (QED) is 0.651. The molecule has 5 heteroatoms. The van der Waals surface area contributed by atoms with Crippen LogP contribution in [-0.2, 0) is 34.8 Å². The van der Waals surface area contributed by atoms with Crippen molar-refractivity contribution < 1.29 is 34.8 Å². The Hall–Kier alpha value is -0.125. The van der Waals surface area contributed by atoms with E-state index in [2.05, 4.69) is 0 Å². The fourth-order valence-corrected chi connectivity index (χ4v) is 8.81. The Kier molecular flexibility index (Phi) is 2.86. The van der Waals surface area contributed by atoms with Crippen LogP contribution in [0.4, 0.5) is 0 Å². The summed E-state index contributed by atoms with van der Waals surface area (Å²) in [7, 11) is 0. The summed E-state index contributed by atoms with van der Waals surface area (Å²) < 4.78 is 4.01. The molecule has 0 radical (unpaired) electrons. The zero-order chi connectivity index (χ0) is 9.26. The summed E-state index contributed by atoms with van der Waals surface area (Å²) in [6.07, 6.45) is 3.42. The molecule has 2 aliphatic heterocycles. The molecule has 13 heavy (non-hydrogen) atoms. The zero-order valence-electron chi connectivity index (χ0n) is 7.66. The van der Waals surface area contributed by atoms with Gasteiger partial charge in [-0.25, -0.2) is 0 Å². The number of carbonyl (C=O) groups is 2. The summed E-state index contributed by atoms with van der Waals surface area (Å²) in [6, 6.07) is 0. The molecular weight excluding hydrogens is 357 g/mol. The van der Waals surface area contributed by atoms with Crippen LogP contribution in [0.25, 0.3) is 0 Å². The van der Waals surface area contributed by atoms with E-state index in [0.717, 1.165) is 25.9 Å². The number of amides is 2. The SMILES string of the molecule is O=C1CCC[N]1[Hg][N]1CCCC1=O. The van der Waals surface area contributed by atoms with Crippen molar-refractivity contribution in [2.24, 2.45) is 0 Å². The Labute approximate surface area is 90.5 Å². The van der Waals surface area contributed by atoms with Crippen molar-refractivity contribution >= 4 is 11.8 Å². The summed E-state index contributed by atoms with van der Waals surface area (Å²) in [5.74, 6) is 0.586. The van der Waals surface area contributed by atoms with Crippen LogP contribution >= 0.6 is 0 Å². The van der Waals surface area contributed by atoms with Gasteiger partial charge in [0.25, 0.3) is 0 Å². The van der Waals surface area contributed by atoms with Crippen molar-refractivity contribution in [3.8, 4) is 0 Å². The molecule has 2 saturated heterocycles. The minimum atomic E-state index is -1.54. The number of rotatable bonds is 2. The standard InChI is InChI=1S/2C4H7NO.Hg/c2*6-4-2-1-3-5-4;/h2*1-3H2,(H,5,6);/q;;+2/p-2. The molecule has 2 fully saturated rings. The molecule has 0 aromatic carbocycles. The van der Waals surface area contributed by atoms with E-state index in [4.69, 9.17) is 0 Å². The van der Waals surface area contributed by atoms with Crippen molar-refractivity contribution in [1.82, 2.24) is 5.33 Å². The van der Waals surface area contributed by atoms with Crippen molar-refractivity contribution in [1.29, 1.82) is 0 Å². The first-order valence-corrected chi connectivity index (χ1v) is 9.74. The molecule has 0 aliphatic carbocycles. The van der Waals surface area contributed by atoms with Gasteiger partial charge in [-0.1, -0.05) is 0 Å². The molecule has 0 bridgehead atoms. The summed E-state index contributed by atoms with van der Waals surface area (Å²) >= 11 is -1.54. The van der Waals surface area contributed by atoms with Crippen molar-refractivity contribution in [2.45, 2.75) is 25.7 Å². The van der Waals surface area contributed by atoms with Crippen LogP contribution in [0, 0.1) is 0 Å². The molecule has 4 nitrogen and oxygen atoms in total. The summed E-state index contributed by atoms with van der Waals surface area (Å²) in [4.78, 5) is 22.6. The molecule has 2 heterocycles. The Morgan fingerprint density at radius 2 is 1.38 bits per heavy atom. The van der Waals surface area contributed by atoms with Gasteiger partial charge in [-0.15, -0.1) is 0 Å². The van der Waals surface area contributed by atoms with Gasteiger partial charge in [0.1, 0.15) is 0 Å². The molecular formula is C8H12HgN2O2. The van der Waals surface area contributed by atoms with Crippen molar-refractivity contribution in [2.75, 3.05) is 13.1 Å². The molecule has 0 N–H and O–H groups in total. The van der Waals surface area contributed by atoms with Crippen LogP contribution in [0.5, 0.6) is 0 Å². The average Bonchev–Trinajstić information content (AvgIpc) is 2.65. The minimum absolute atomic E-state index is 0.293. The van der Waals surface area contributed by atoms with Crippen LogP contribution in [0.2, 0.25) is 0 Å². The van der Waals surface area contributed by atoms with Gasteiger partial charge in [-0.2, -0.15) is 0 Å². The van der Waals surface area contributed by atoms with E-state index in [1.807, 2.05) is 5.33 Å². The first-order chi connectivity index (χ1) is 6.27.